The molecule has 0 aromatic rings. The lowest BCUT2D eigenvalue weighted by Gasteiger charge is -2.30. The van der Waals surface area contributed by atoms with Gasteiger partial charge in [0.15, 0.2) is 0 Å². The molecular formula is C11H16BrFO. The second-order valence-electron chi connectivity index (χ2n) is 3.97. The first-order valence-corrected chi connectivity index (χ1v) is 5.59. The first-order chi connectivity index (χ1) is 6.56. The van der Waals surface area contributed by atoms with E-state index in [4.69, 9.17) is 4.74 Å². The summed E-state index contributed by atoms with van der Waals surface area (Å²) in [5.74, 6) is 0.773. The second-order valence-corrected chi connectivity index (χ2v) is 4.89. The zero-order chi connectivity index (χ0) is 10.7. The number of allylic oxidation sites excluding steroid dienone is 3. The molecule has 80 valence electrons. The Hall–Kier alpha value is -0.150. The molecule has 0 N–H and O–H groups in total. The van der Waals surface area contributed by atoms with Gasteiger partial charge >= 0.3 is 0 Å². The highest BCUT2D eigenvalue weighted by Crippen LogP contribution is 2.38. The average Bonchev–Trinajstić information content (AvgIpc) is 2.01. The van der Waals surface area contributed by atoms with E-state index in [1.165, 1.54) is 0 Å². The van der Waals surface area contributed by atoms with Crippen molar-refractivity contribution >= 4 is 15.9 Å². The molecule has 3 heteroatoms. The molecule has 2 atom stereocenters. The highest BCUT2D eigenvalue weighted by atomic mass is 79.9. The Bertz CT molecular complexity index is 258. The molecule has 2 unspecified atom stereocenters. The van der Waals surface area contributed by atoms with Gasteiger partial charge in [-0.2, -0.15) is 0 Å². The van der Waals surface area contributed by atoms with Crippen LogP contribution in [0.1, 0.15) is 13.8 Å². The van der Waals surface area contributed by atoms with Crippen molar-refractivity contribution in [3.8, 4) is 0 Å². The molecule has 0 aliphatic heterocycles. The Kier molecular flexibility index (Phi) is 4.32. The van der Waals surface area contributed by atoms with Crippen LogP contribution in [0.2, 0.25) is 0 Å². The van der Waals surface area contributed by atoms with Crippen molar-refractivity contribution in [3.63, 3.8) is 0 Å². The van der Waals surface area contributed by atoms with Gasteiger partial charge in [-0.25, -0.2) is 4.39 Å². The third kappa shape index (κ3) is 2.67. The lowest BCUT2D eigenvalue weighted by atomic mass is 9.81. The molecule has 0 spiro atoms. The van der Waals surface area contributed by atoms with Crippen LogP contribution >= 0.6 is 15.9 Å². The molecule has 0 aromatic carbocycles. The molecular weight excluding hydrogens is 247 g/mol. The third-order valence-corrected chi connectivity index (χ3v) is 3.26. The van der Waals surface area contributed by atoms with E-state index in [0.29, 0.717) is 18.4 Å². The van der Waals surface area contributed by atoms with Crippen molar-refractivity contribution in [1.82, 2.24) is 0 Å². The van der Waals surface area contributed by atoms with Crippen LogP contribution in [0, 0.1) is 17.8 Å². The molecule has 0 amide bonds. The third-order valence-electron chi connectivity index (χ3n) is 2.51. The van der Waals surface area contributed by atoms with Gasteiger partial charge in [0.05, 0.1) is 6.61 Å². The predicted octanol–water partition coefficient (Wildman–Crippen LogP) is 3.67. The highest BCUT2D eigenvalue weighted by Gasteiger charge is 2.28. The maximum absolute atomic E-state index is 13.1. The van der Waals surface area contributed by atoms with Crippen molar-refractivity contribution in [3.05, 3.63) is 22.5 Å². The van der Waals surface area contributed by atoms with Crippen molar-refractivity contribution in [2.45, 2.75) is 13.8 Å². The Morgan fingerprint density at radius 2 is 2.21 bits per heavy atom. The minimum atomic E-state index is -0.171. The number of halogens is 2. The fourth-order valence-electron chi connectivity index (χ4n) is 1.95. The summed E-state index contributed by atoms with van der Waals surface area (Å²) in [6.07, 6.45) is 3.20. The predicted molar refractivity (Wildman–Crippen MR) is 59.9 cm³/mol. The van der Waals surface area contributed by atoms with E-state index in [1.807, 2.05) is 0 Å². The van der Waals surface area contributed by atoms with Crippen LogP contribution in [0.4, 0.5) is 4.39 Å². The molecule has 0 bridgehead atoms. The normalized spacial score (nSPS) is 27.6. The minimum Gasteiger partial charge on any atom is -0.384 e. The van der Waals surface area contributed by atoms with Crippen molar-refractivity contribution in [2.24, 2.45) is 17.8 Å². The van der Waals surface area contributed by atoms with E-state index in [0.717, 1.165) is 4.48 Å². The van der Waals surface area contributed by atoms with E-state index < -0.39 is 0 Å². The number of hydrogen-bond donors (Lipinski definition) is 0. The molecule has 0 saturated carbocycles. The fraction of sp³-hybridized carbons (Fsp3) is 0.636. The van der Waals surface area contributed by atoms with Gasteiger partial charge in [0.2, 0.25) is 0 Å². The molecule has 0 fully saturated rings. The topological polar surface area (TPSA) is 9.23 Å². The summed E-state index contributed by atoms with van der Waals surface area (Å²) < 4.78 is 19.2. The van der Waals surface area contributed by atoms with Crippen molar-refractivity contribution in [1.29, 1.82) is 0 Å². The van der Waals surface area contributed by atoms with Gasteiger partial charge < -0.3 is 4.74 Å². The largest absolute Gasteiger partial charge is 0.384 e. The SMILES string of the molecule is COCC1C=C(F)C=C(Br)C1C(C)C. The lowest BCUT2D eigenvalue weighted by Crippen LogP contribution is -2.25. The van der Waals surface area contributed by atoms with Gasteiger partial charge in [0.25, 0.3) is 0 Å². The summed E-state index contributed by atoms with van der Waals surface area (Å²) in [6.45, 7) is 4.85. The van der Waals surface area contributed by atoms with Crippen LogP contribution in [-0.2, 0) is 4.74 Å². The Balaban J connectivity index is 2.85. The zero-order valence-corrected chi connectivity index (χ0v) is 10.3. The van der Waals surface area contributed by atoms with Crippen molar-refractivity contribution in [2.75, 3.05) is 13.7 Å². The Labute approximate surface area is 93.2 Å². The van der Waals surface area contributed by atoms with Gasteiger partial charge in [-0.15, -0.1) is 0 Å². The number of ether oxygens (including phenoxy) is 1. The first kappa shape index (κ1) is 11.9. The molecule has 0 radical (unpaired) electrons. The molecule has 1 aliphatic rings. The second kappa shape index (κ2) is 5.08. The molecule has 1 aliphatic carbocycles. The van der Waals surface area contributed by atoms with Gasteiger partial charge in [0.1, 0.15) is 5.83 Å². The molecule has 0 aromatic heterocycles. The maximum atomic E-state index is 13.1. The Morgan fingerprint density at radius 3 is 2.71 bits per heavy atom. The van der Waals surface area contributed by atoms with E-state index in [1.54, 1.807) is 19.3 Å². The highest BCUT2D eigenvalue weighted by molar-refractivity contribution is 9.11. The summed E-state index contributed by atoms with van der Waals surface area (Å²) in [5.41, 5.74) is 0. The van der Waals surface area contributed by atoms with Crippen LogP contribution in [0.3, 0.4) is 0 Å². The summed E-state index contributed by atoms with van der Waals surface area (Å²) in [5, 5.41) is 0. The van der Waals surface area contributed by atoms with Crippen molar-refractivity contribution < 1.29 is 9.13 Å². The number of hydrogen-bond acceptors (Lipinski definition) is 1. The zero-order valence-electron chi connectivity index (χ0n) is 8.76. The van der Waals surface area contributed by atoms with E-state index in [-0.39, 0.29) is 11.7 Å². The van der Waals surface area contributed by atoms with Gasteiger partial charge in [0, 0.05) is 23.4 Å². The maximum Gasteiger partial charge on any atom is 0.120 e. The molecule has 0 heterocycles. The fourth-order valence-corrected chi connectivity index (χ4v) is 3.03. The molecule has 1 rings (SSSR count). The molecule has 1 nitrogen and oxygen atoms in total. The van der Waals surface area contributed by atoms with Gasteiger partial charge in [-0.1, -0.05) is 29.8 Å². The van der Waals surface area contributed by atoms with Crippen LogP contribution in [0.5, 0.6) is 0 Å². The monoisotopic (exact) mass is 262 g/mol. The van der Waals surface area contributed by atoms with Crippen LogP contribution in [-0.4, -0.2) is 13.7 Å². The Morgan fingerprint density at radius 1 is 1.57 bits per heavy atom. The van der Waals surface area contributed by atoms with E-state index in [2.05, 4.69) is 29.8 Å². The summed E-state index contributed by atoms with van der Waals surface area (Å²) in [7, 11) is 1.65. The van der Waals surface area contributed by atoms with E-state index in [9.17, 15) is 4.39 Å². The van der Waals surface area contributed by atoms with Gasteiger partial charge in [-0.3, -0.25) is 0 Å². The standard InChI is InChI=1S/C11H16BrFO/c1-7(2)11-8(6-14-3)4-9(13)5-10(11)12/h4-5,7-8,11H,6H2,1-3H3. The van der Waals surface area contributed by atoms with Crippen LogP contribution in [0.25, 0.3) is 0 Å². The van der Waals surface area contributed by atoms with E-state index >= 15 is 0 Å². The van der Waals surface area contributed by atoms with Crippen LogP contribution in [0.15, 0.2) is 22.5 Å². The first-order valence-electron chi connectivity index (χ1n) is 4.79. The lowest BCUT2D eigenvalue weighted by molar-refractivity contribution is 0.139. The smallest absolute Gasteiger partial charge is 0.120 e. The van der Waals surface area contributed by atoms with Gasteiger partial charge in [-0.05, 0) is 18.1 Å². The average molecular weight is 263 g/mol. The molecule has 14 heavy (non-hydrogen) atoms. The van der Waals surface area contributed by atoms with Crippen LogP contribution < -0.4 is 0 Å². The number of rotatable bonds is 3. The minimum absolute atomic E-state index is 0.138. The summed E-state index contributed by atoms with van der Waals surface area (Å²) in [4.78, 5) is 0. The number of methoxy groups -OCH3 is 1. The molecule has 0 saturated heterocycles. The summed E-state index contributed by atoms with van der Waals surface area (Å²) in [6, 6.07) is 0. The quantitative estimate of drug-likeness (QED) is 0.754. The summed E-state index contributed by atoms with van der Waals surface area (Å²) >= 11 is 3.43.